The molecule has 0 radical (unpaired) electrons. The normalized spacial score (nSPS) is 11.6. The van der Waals surface area contributed by atoms with Crippen LogP contribution in [0, 0.1) is 0 Å². The fraction of sp³-hybridized carbons (Fsp3) is 0.278. The van der Waals surface area contributed by atoms with Crippen molar-refractivity contribution in [1.82, 2.24) is 5.32 Å². The Morgan fingerprint density at radius 2 is 1.87 bits per heavy atom. The molecule has 3 N–H and O–H groups in total. The van der Waals surface area contributed by atoms with Crippen molar-refractivity contribution in [2.24, 2.45) is 5.73 Å². The Morgan fingerprint density at radius 3 is 2.52 bits per heavy atom. The van der Waals surface area contributed by atoms with Crippen molar-refractivity contribution in [1.29, 1.82) is 0 Å². The summed E-state index contributed by atoms with van der Waals surface area (Å²) >= 11 is 0. The fourth-order valence-electron chi connectivity index (χ4n) is 2.03. The van der Waals surface area contributed by atoms with Crippen LogP contribution in [0.1, 0.15) is 18.1 Å². The Balaban J connectivity index is 2.00. The first-order valence-corrected chi connectivity index (χ1v) is 7.47. The molecule has 0 aliphatic carbocycles. The Labute approximate surface area is 136 Å². The summed E-state index contributed by atoms with van der Waals surface area (Å²) < 4.78 is 11.2. The van der Waals surface area contributed by atoms with E-state index >= 15 is 0 Å². The predicted molar refractivity (Wildman–Crippen MR) is 89.3 cm³/mol. The van der Waals surface area contributed by atoms with Gasteiger partial charge < -0.3 is 20.5 Å². The van der Waals surface area contributed by atoms with Crippen LogP contribution in [0.25, 0.3) is 0 Å². The zero-order valence-electron chi connectivity index (χ0n) is 13.4. The molecule has 5 heteroatoms. The summed E-state index contributed by atoms with van der Waals surface area (Å²) in [4.78, 5) is 11.5. The van der Waals surface area contributed by atoms with Gasteiger partial charge in [0, 0.05) is 6.54 Å². The molecule has 0 saturated carbocycles. The average Bonchev–Trinajstić information content (AvgIpc) is 2.58. The molecule has 0 unspecified atom stereocenters. The molecule has 0 spiro atoms. The lowest BCUT2D eigenvalue weighted by molar-refractivity contribution is -0.122. The zero-order valence-corrected chi connectivity index (χ0v) is 13.4. The van der Waals surface area contributed by atoms with Crippen molar-refractivity contribution in [2.45, 2.75) is 26.1 Å². The van der Waals surface area contributed by atoms with E-state index in [-0.39, 0.29) is 5.91 Å². The average molecular weight is 314 g/mol. The highest BCUT2D eigenvalue weighted by Crippen LogP contribution is 2.28. The standard InChI is InChI=1S/C18H22N2O3/c1-13(19)18(21)20-11-15-8-9-16(17(10-15)22-2)23-12-14-6-4-3-5-7-14/h3-10,13H,11-12,19H2,1-2H3,(H,20,21)/t13-/m1/s1. The van der Waals surface area contributed by atoms with E-state index in [1.807, 2.05) is 48.5 Å². The second kappa shape index (κ2) is 8.19. The number of ether oxygens (including phenoxy) is 2. The number of nitrogens with one attached hydrogen (secondary N) is 1. The van der Waals surface area contributed by atoms with Gasteiger partial charge in [0.15, 0.2) is 11.5 Å². The van der Waals surface area contributed by atoms with Crippen molar-refractivity contribution in [3.05, 3.63) is 59.7 Å². The van der Waals surface area contributed by atoms with Gasteiger partial charge in [-0.25, -0.2) is 0 Å². The summed E-state index contributed by atoms with van der Waals surface area (Å²) in [5.74, 6) is 1.11. The van der Waals surface area contributed by atoms with Gasteiger partial charge in [0.1, 0.15) is 6.61 Å². The number of amides is 1. The van der Waals surface area contributed by atoms with Crippen LogP contribution in [0.3, 0.4) is 0 Å². The maximum absolute atomic E-state index is 11.5. The molecule has 5 nitrogen and oxygen atoms in total. The lowest BCUT2D eigenvalue weighted by atomic mass is 10.2. The van der Waals surface area contributed by atoms with E-state index in [0.29, 0.717) is 24.7 Å². The Hall–Kier alpha value is -2.53. The summed E-state index contributed by atoms with van der Waals surface area (Å²) in [5, 5.41) is 2.77. The Kier molecular flexibility index (Phi) is 6.00. The lowest BCUT2D eigenvalue weighted by Crippen LogP contribution is -2.37. The van der Waals surface area contributed by atoms with Crippen LogP contribution in [0.15, 0.2) is 48.5 Å². The van der Waals surface area contributed by atoms with E-state index in [1.54, 1.807) is 14.0 Å². The fourth-order valence-corrected chi connectivity index (χ4v) is 2.03. The summed E-state index contributed by atoms with van der Waals surface area (Å²) in [5.41, 5.74) is 7.52. The molecule has 2 aromatic rings. The molecule has 0 heterocycles. The summed E-state index contributed by atoms with van der Waals surface area (Å²) in [7, 11) is 1.59. The second-order valence-corrected chi connectivity index (χ2v) is 5.27. The minimum Gasteiger partial charge on any atom is -0.493 e. The van der Waals surface area contributed by atoms with Crippen molar-refractivity contribution in [3.63, 3.8) is 0 Å². The zero-order chi connectivity index (χ0) is 16.7. The van der Waals surface area contributed by atoms with Crippen LogP contribution in [-0.4, -0.2) is 19.1 Å². The van der Waals surface area contributed by atoms with Gasteiger partial charge in [0.05, 0.1) is 13.2 Å². The minimum absolute atomic E-state index is 0.187. The van der Waals surface area contributed by atoms with Gasteiger partial charge in [0.2, 0.25) is 5.91 Å². The number of benzene rings is 2. The third-order valence-corrected chi connectivity index (χ3v) is 3.35. The second-order valence-electron chi connectivity index (χ2n) is 5.27. The number of methoxy groups -OCH3 is 1. The van der Waals surface area contributed by atoms with Crippen LogP contribution in [0.2, 0.25) is 0 Å². The smallest absolute Gasteiger partial charge is 0.236 e. The van der Waals surface area contributed by atoms with E-state index < -0.39 is 6.04 Å². The molecule has 0 aromatic heterocycles. The van der Waals surface area contributed by atoms with Crippen LogP contribution in [0.4, 0.5) is 0 Å². The minimum atomic E-state index is -0.523. The predicted octanol–water partition coefficient (Wildman–Crippen LogP) is 2.24. The largest absolute Gasteiger partial charge is 0.493 e. The highest BCUT2D eigenvalue weighted by molar-refractivity contribution is 5.80. The molecule has 0 fully saturated rings. The quantitative estimate of drug-likeness (QED) is 0.822. The molecule has 2 rings (SSSR count). The van der Waals surface area contributed by atoms with Crippen molar-refractivity contribution in [3.8, 4) is 11.5 Å². The molecule has 2 aromatic carbocycles. The van der Waals surface area contributed by atoms with Crippen molar-refractivity contribution < 1.29 is 14.3 Å². The summed E-state index contributed by atoms with van der Waals surface area (Å²) in [6.07, 6.45) is 0. The molecule has 122 valence electrons. The highest BCUT2D eigenvalue weighted by Gasteiger charge is 2.09. The molecule has 0 aliphatic heterocycles. The third-order valence-electron chi connectivity index (χ3n) is 3.35. The van der Waals surface area contributed by atoms with E-state index in [2.05, 4.69) is 5.32 Å². The SMILES string of the molecule is COc1cc(CNC(=O)[C@@H](C)N)ccc1OCc1ccccc1. The van der Waals surface area contributed by atoms with E-state index in [4.69, 9.17) is 15.2 Å². The number of hydrogen-bond acceptors (Lipinski definition) is 4. The first kappa shape index (κ1) is 16.8. The molecule has 0 saturated heterocycles. The topological polar surface area (TPSA) is 73.6 Å². The molecular weight excluding hydrogens is 292 g/mol. The molecule has 23 heavy (non-hydrogen) atoms. The lowest BCUT2D eigenvalue weighted by Gasteiger charge is -2.13. The van der Waals surface area contributed by atoms with E-state index in [1.165, 1.54) is 0 Å². The Morgan fingerprint density at radius 1 is 1.13 bits per heavy atom. The Bertz CT molecular complexity index is 642. The number of nitrogens with two attached hydrogens (primary N) is 1. The number of rotatable bonds is 7. The molecule has 0 aliphatic rings. The first-order chi connectivity index (χ1) is 11.1. The first-order valence-electron chi connectivity index (χ1n) is 7.47. The number of carbonyl (C=O) groups excluding carboxylic acids is 1. The van der Waals surface area contributed by atoms with Gasteiger partial charge >= 0.3 is 0 Å². The monoisotopic (exact) mass is 314 g/mol. The van der Waals surface area contributed by atoms with Crippen molar-refractivity contribution in [2.75, 3.05) is 7.11 Å². The van der Waals surface area contributed by atoms with E-state index in [0.717, 1.165) is 11.1 Å². The molecule has 0 bridgehead atoms. The van der Waals surface area contributed by atoms with E-state index in [9.17, 15) is 4.79 Å². The molecule has 1 atom stereocenters. The van der Waals surface area contributed by atoms with Gasteiger partial charge in [-0.3, -0.25) is 4.79 Å². The van der Waals surface area contributed by atoms with Gasteiger partial charge in [-0.15, -0.1) is 0 Å². The van der Waals surface area contributed by atoms with Crippen LogP contribution < -0.4 is 20.5 Å². The maximum atomic E-state index is 11.5. The third kappa shape index (κ3) is 5.00. The highest BCUT2D eigenvalue weighted by atomic mass is 16.5. The van der Waals surface area contributed by atoms with Gasteiger partial charge in [0.25, 0.3) is 0 Å². The van der Waals surface area contributed by atoms with Crippen LogP contribution in [-0.2, 0) is 17.9 Å². The number of hydrogen-bond donors (Lipinski definition) is 2. The van der Waals surface area contributed by atoms with Crippen molar-refractivity contribution >= 4 is 5.91 Å². The summed E-state index contributed by atoms with van der Waals surface area (Å²) in [6, 6.07) is 15.0. The van der Waals surface area contributed by atoms with Crippen LogP contribution in [0.5, 0.6) is 11.5 Å². The van der Waals surface area contributed by atoms with Gasteiger partial charge in [-0.05, 0) is 30.2 Å². The van der Waals surface area contributed by atoms with Crippen LogP contribution >= 0.6 is 0 Å². The maximum Gasteiger partial charge on any atom is 0.236 e. The van der Waals surface area contributed by atoms with Gasteiger partial charge in [-0.2, -0.15) is 0 Å². The van der Waals surface area contributed by atoms with Gasteiger partial charge in [-0.1, -0.05) is 36.4 Å². The molecular formula is C18H22N2O3. The molecule has 1 amide bonds. The number of carbonyl (C=O) groups is 1. The summed E-state index contributed by atoms with van der Waals surface area (Å²) in [6.45, 7) is 2.52.